The molecule has 2 aliphatic rings. The second-order valence-corrected chi connectivity index (χ2v) is 11.9. The number of fused-ring (bicyclic) bond motifs is 1. The van der Waals surface area contributed by atoms with E-state index in [0.29, 0.717) is 17.8 Å². The highest BCUT2D eigenvalue weighted by Crippen LogP contribution is 2.30. The molecule has 0 aliphatic carbocycles. The van der Waals surface area contributed by atoms with Gasteiger partial charge in [0.1, 0.15) is 5.82 Å². The second kappa shape index (κ2) is 12.2. The van der Waals surface area contributed by atoms with Crippen molar-refractivity contribution in [2.75, 3.05) is 36.4 Å². The summed E-state index contributed by atoms with van der Waals surface area (Å²) in [6.45, 7) is 10.4. The van der Waals surface area contributed by atoms with Crippen LogP contribution < -0.4 is 10.2 Å². The number of carbonyl (C=O) groups excluding carboxylic acids is 2. The average Bonchev–Trinajstić information content (AvgIpc) is 2.92. The predicted octanol–water partition coefficient (Wildman–Crippen LogP) is 6.23. The van der Waals surface area contributed by atoms with Crippen molar-refractivity contribution in [2.24, 2.45) is 17.8 Å². The van der Waals surface area contributed by atoms with Crippen LogP contribution in [0.25, 0.3) is 10.9 Å². The Hall–Kier alpha value is -3.41. The van der Waals surface area contributed by atoms with Crippen molar-refractivity contribution in [3.05, 3.63) is 65.7 Å². The van der Waals surface area contributed by atoms with Crippen LogP contribution >= 0.6 is 0 Å². The molecule has 39 heavy (non-hydrogen) atoms. The van der Waals surface area contributed by atoms with E-state index in [2.05, 4.69) is 61.3 Å². The standard InChI is InChI=1S/C33H42N4O2/c1-23-17-24(2)22-37(21-23)31-18-25(3)29-20-28(9-10-30(29)35-31)34-32(38)11-12-33(39)36-15-13-27(14-16-36)19-26-7-5-4-6-8-26/h4-10,18,20,23-24,27H,11-17,19,21-22H2,1-3H3,(H,34,38)/t23-,24+. The number of aromatic nitrogens is 1. The molecule has 6 heteroatoms. The number of aryl methyl sites for hydroxylation is 1. The molecule has 3 aromatic rings. The number of carbonyl (C=O) groups is 2. The van der Waals surface area contributed by atoms with E-state index in [0.717, 1.165) is 73.4 Å². The highest BCUT2D eigenvalue weighted by molar-refractivity contribution is 5.96. The third-order valence-electron chi connectivity index (χ3n) is 8.38. The van der Waals surface area contributed by atoms with Crippen molar-refractivity contribution in [1.82, 2.24) is 9.88 Å². The van der Waals surface area contributed by atoms with Crippen LogP contribution in [-0.2, 0) is 16.0 Å². The van der Waals surface area contributed by atoms with Crippen molar-refractivity contribution >= 4 is 34.2 Å². The SMILES string of the molecule is Cc1cc(N2C[C@H](C)C[C@H](C)C2)nc2ccc(NC(=O)CCC(=O)N3CCC(Cc4ccccc4)CC3)cc12. The van der Waals surface area contributed by atoms with E-state index in [-0.39, 0.29) is 24.7 Å². The number of nitrogens with one attached hydrogen (secondary N) is 1. The molecule has 6 nitrogen and oxygen atoms in total. The molecule has 1 aromatic heterocycles. The largest absolute Gasteiger partial charge is 0.356 e. The highest BCUT2D eigenvalue weighted by atomic mass is 16.2. The average molecular weight is 527 g/mol. The Kier molecular flexibility index (Phi) is 8.49. The maximum absolute atomic E-state index is 12.8. The van der Waals surface area contributed by atoms with Crippen LogP contribution in [0.1, 0.15) is 57.1 Å². The van der Waals surface area contributed by atoms with Gasteiger partial charge in [0.2, 0.25) is 11.8 Å². The summed E-state index contributed by atoms with van der Waals surface area (Å²) in [5.74, 6) is 2.95. The lowest BCUT2D eigenvalue weighted by atomic mass is 9.90. The fourth-order valence-corrected chi connectivity index (χ4v) is 6.40. The topological polar surface area (TPSA) is 65.5 Å². The van der Waals surface area contributed by atoms with Crippen LogP contribution in [0.15, 0.2) is 54.6 Å². The molecule has 2 fully saturated rings. The molecule has 206 valence electrons. The van der Waals surface area contributed by atoms with Gasteiger partial charge in [-0.3, -0.25) is 9.59 Å². The normalized spacial score (nSPS) is 20.3. The van der Waals surface area contributed by atoms with Crippen molar-refractivity contribution in [3.63, 3.8) is 0 Å². The third-order valence-corrected chi connectivity index (χ3v) is 8.38. The van der Waals surface area contributed by atoms with E-state index >= 15 is 0 Å². The summed E-state index contributed by atoms with van der Waals surface area (Å²) in [5, 5.41) is 4.04. The number of amides is 2. The van der Waals surface area contributed by atoms with Crippen LogP contribution in [0.3, 0.4) is 0 Å². The van der Waals surface area contributed by atoms with E-state index in [4.69, 9.17) is 4.98 Å². The van der Waals surface area contributed by atoms with Crippen molar-refractivity contribution in [2.45, 2.75) is 59.3 Å². The molecule has 3 heterocycles. The summed E-state index contributed by atoms with van der Waals surface area (Å²) in [6.07, 6.45) is 4.83. The minimum Gasteiger partial charge on any atom is -0.356 e. The summed E-state index contributed by atoms with van der Waals surface area (Å²) in [5.41, 5.74) is 4.22. The maximum Gasteiger partial charge on any atom is 0.224 e. The number of benzene rings is 2. The van der Waals surface area contributed by atoms with Crippen molar-refractivity contribution in [3.8, 4) is 0 Å². The van der Waals surface area contributed by atoms with Crippen LogP contribution in [0.2, 0.25) is 0 Å². The molecule has 2 amide bonds. The van der Waals surface area contributed by atoms with Crippen LogP contribution in [0.4, 0.5) is 11.5 Å². The van der Waals surface area contributed by atoms with Crippen molar-refractivity contribution in [1.29, 1.82) is 0 Å². The van der Waals surface area contributed by atoms with E-state index < -0.39 is 0 Å². The van der Waals surface area contributed by atoms with Gasteiger partial charge in [-0.2, -0.15) is 0 Å². The molecule has 0 radical (unpaired) electrons. The van der Waals surface area contributed by atoms with Crippen LogP contribution in [-0.4, -0.2) is 47.9 Å². The fourth-order valence-electron chi connectivity index (χ4n) is 6.40. The summed E-state index contributed by atoms with van der Waals surface area (Å²) < 4.78 is 0. The number of rotatable bonds is 7. The lowest BCUT2D eigenvalue weighted by molar-refractivity contribution is -0.134. The summed E-state index contributed by atoms with van der Waals surface area (Å²) in [7, 11) is 0. The second-order valence-electron chi connectivity index (χ2n) is 11.9. The first-order valence-corrected chi connectivity index (χ1v) is 14.6. The number of piperidine rings is 2. The summed E-state index contributed by atoms with van der Waals surface area (Å²) >= 11 is 0. The number of hydrogen-bond donors (Lipinski definition) is 1. The Morgan fingerprint density at radius 3 is 2.38 bits per heavy atom. The number of anilines is 2. The molecule has 0 bridgehead atoms. The molecule has 0 unspecified atom stereocenters. The molecular formula is C33H42N4O2. The smallest absolute Gasteiger partial charge is 0.224 e. The first kappa shape index (κ1) is 27.2. The first-order valence-electron chi connectivity index (χ1n) is 14.6. The van der Waals surface area contributed by atoms with Gasteiger partial charge in [-0.1, -0.05) is 44.2 Å². The minimum absolute atomic E-state index is 0.0794. The zero-order chi connectivity index (χ0) is 27.4. The Morgan fingerprint density at radius 1 is 0.949 bits per heavy atom. The summed E-state index contributed by atoms with van der Waals surface area (Å²) in [6, 6.07) is 18.6. The van der Waals surface area contributed by atoms with Gasteiger partial charge in [0.15, 0.2) is 0 Å². The first-order chi connectivity index (χ1) is 18.8. The Labute approximate surface area is 232 Å². The number of hydrogen-bond acceptors (Lipinski definition) is 4. The lowest BCUT2D eigenvalue weighted by Crippen LogP contribution is -2.39. The summed E-state index contributed by atoms with van der Waals surface area (Å²) in [4.78, 5) is 34.8. The van der Waals surface area contributed by atoms with Crippen LogP contribution in [0.5, 0.6) is 0 Å². The van der Waals surface area contributed by atoms with E-state index in [1.54, 1.807) is 0 Å². The predicted molar refractivity (Wildman–Crippen MR) is 159 cm³/mol. The van der Waals surface area contributed by atoms with Gasteiger partial charge in [-0.25, -0.2) is 4.98 Å². The van der Waals surface area contributed by atoms with Gasteiger partial charge in [0.25, 0.3) is 0 Å². The fraction of sp³-hybridized carbons (Fsp3) is 0.485. The molecule has 2 saturated heterocycles. The van der Waals surface area contributed by atoms with Crippen LogP contribution in [0, 0.1) is 24.7 Å². The molecule has 2 aromatic carbocycles. The zero-order valence-corrected chi connectivity index (χ0v) is 23.7. The van der Waals surface area contributed by atoms with E-state index in [1.165, 1.54) is 12.0 Å². The molecule has 0 spiro atoms. The van der Waals surface area contributed by atoms with E-state index in [1.807, 2.05) is 29.2 Å². The Morgan fingerprint density at radius 2 is 1.67 bits per heavy atom. The monoisotopic (exact) mass is 526 g/mol. The molecule has 2 atom stereocenters. The van der Waals surface area contributed by atoms with Gasteiger partial charge in [-0.15, -0.1) is 0 Å². The van der Waals surface area contributed by atoms with Gasteiger partial charge in [0.05, 0.1) is 5.52 Å². The molecular weight excluding hydrogens is 484 g/mol. The Bertz CT molecular complexity index is 1290. The van der Waals surface area contributed by atoms with Gasteiger partial charge < -0.3 is 15.1 Å². The number of pyridine rings is 1. The third kappa shape index (κ3) is 6.97. The van der Waals surface area contributed by atoms with Gasteiger partial charge >= 0.3 is 0 Å². The van der Waals surface area contributed by atoms with Crippen molar-refractivity contribution < 1.29 is 9.59 Å². The lowest BCUT2D eigenvalue weighted by Gasteiger charge is -2.36. The number of likely N-dealkylation sites (tertiary alicyclic amines) is 1. The van der Waals surface area contributed by atoms with Gasteiger partial charge in [-0.05, 0) is 85.8 Å². The highest BCUT2D eigenvalue weighted by Gasteiger charge is 2.24. The zero-order valence-electron chi connectivity index (χ0n) is 23.7. The molecule has 2 aliphatic heterocycles. The molecule has 5 rings (SSSR count). The quantitative estimate of drug-likeness (QED) is 0.397. The molecule has 0 saturated carbocycles. The van der Waals surface area contributed by atoms with E-state index in [9.17, 15) is 9.59 Å². The molecule has 1 N–H and O–H groups in total. The Balaban J connectivity index is 1.11. The maximum atomic E-state index is 12.8. The number of nitrogens with zero attached hydrogens (tertiary/aromatic N) is 3. The minimum atomic E-state index is -0.125. The van der Waals surface area contributed by atoms with Gasteiger partial charge in [0, 0.05) is 50.1 Å².